The lowest BCUT2D eigenvalue weighted by atomic mass is 10.3. The fourth-order valence-electron chi connectivity index (χ4n) is 1.35. The number of halogens is 1. The SMILES string of the molecule is N/C(=N/Nc1cc(Cl)ccc1[N+](=O)[O-])c1ccoc1. The number of nitrogens with one attached hydrogen (secondary N) is 1. The molecule has 0 saturated carbocycles. The van der Waals surface area contributed by atoms with Crippen LogP contribution in [0.5, 0.6) is 0 Å². The van der Waals surface area contributed by atoms with Crippen LogP contribution >= 0.6 is 11.6 Å². The Morgan fingerprint density at radius 3 is 2.89 bits per heavy atom. The van der Waals surface area contributed by atoms with Crippen molar-refractivity contribution in [3.8, 4) is 0 Å². The molecule has 1 heterocycles. The van der Waals surface area contributed by atoms with Gasteiger partial charge in [-0.3, -0.25) is 15.5 Å². The average molecular weight is 281 g/mol. The molecule has 0 bridgehead atoms. The molecular formula is C11H9ClN4O3. The van der Waals surface area contributed by atoms with Crippen LogP contribution in [0, 0.1) is 10.1 Å². The van der Waals surface area contributed by atoms with Gasteiger partial charge in [-0.15, -0.1) is 0 Å². The minimum Gasteiger partial charge on any atom is -0.472 e. The molecule has 1 aromatic heterocycles. The molecule has 8 heteroatoms. The van der Waals surface area contributed by atoms with Gasteiger partial charge in [0, 0.05) is 11.1 Å². The standard InChI is InChI=1S/C11H9ClN4O3/c12-8-1-2-10(16(17)18)9(5-8)14-15-11(13)7-3-4-19-6-7/h1-6,14H,(H2,13,15). The molecule has 19 heavy (non-hydrogen) atoms. The third kappa shape index (κ3) is 3.02. The number of nitro benzene ring substituents is 1. The molecule has 0 saturated heterocycles. The smallest absolute Gasteiger partial charge is 0.294 e. The maximum Gasteiger partial charge on any atom is 0.294 e. The van der Waals surface area contributed by atoms with Crippen LogP contribution in [0.15, 0.2) is 46.3 Å². The molecule has 0 radical (unpaired) electrons. The molecule has 0 aliphatic rings. The van der Waals surface area contributed by atoms with E-state index >= 15 is 0 Å². The normalized spacial score (nSPS) is 11.3. The van der Waals surface area contributed by atoms with Gasteiger partial charge in [-0.05, 0) is 18.2 Å². The first-order valence-electron chi connectivity index (χ1n) is 5.13. The van der Waals surface area contributed by atoms with Crippen LogP contribution in [0.25, 0.3) is 0 Å². The highest BCUT2D eigenvalue weighted by Crippen LogP contribution is 2.27. The topological polar surface area (TPSA) is 107 Å². The number of benzene rings is 1. The Labute approximate surface area is 112 Å². The zero-order valence-electron chi connectivity index (χ0n) is 9.54. The summed E-state index contributed by atoms with van der Waals surface area (Å²) in [6.45, 7) is 0. The zero-order chi connectivity index (χ0) is 13.8. The van der Waals surface area contributed by atoms with E-state index in [0.717, 1.165) is 0 Å². The van der Waals surface area contributed by atoms with Crippen molar-refractivity contribution in [3.05, 3.63) is 57.5 Å². The van der Waals surface area contributed by atoms with E-state index in [2.05, 4.69) is 10.5 Å². The average Bonchev–Trinajstić information content (AvgIpc) is 2.89. The molecule has 98 valence electrons. The monoisotopic (exact) mass is 280 g/mol. The molecule has 0 aliphatic carbocycles. The molecule has 7 nitrogen and oxygen atoms in total. The summed E-state index contributed by atoms with van der Waals surface area (Å²) in [4.78, 5) is 10.3. The maximum absolute atomic E-state index is 10.8. The number of nitro groups is 1. The summed E-state index contributed by atoms with van der Waals surface area (Å²) in [5.74, 6) is 0.142. The van der Waals surface area contributed by atoms with Gasteiger partial charge in [0.1, 0.15) is 12.0 Å². The number of hydrogen-bond donors (Lipinski definition) is 2. The van der Waals surface area contributed by atoms with E-state index < -0.39 is 4.92 Å². The Hall–Kier alpha value is -2.54. The Morgan fingerprint density at radius 1 is 1.47 bits per heavy atom. The lowest BCUT2D eigenvalue weighted by Crippen LogP contribution is -2.14. The first kappa shape index (κ1) is 12.9. The third-order valence-electron chi connectivity index (χ3n) is 2.27. The Balaban J connectivity index is 2.26. The van der Waals surface area contributed by atoms with Gasteiger partial charge in [0.25, 0.3) is 5.69 Å². The number of anilines is 1. The van der Waals surface area contributed by atoms with Crippen molar-refractivity contribution in [1.82, 2.24) is 0 Å². The largest absolute Gasteiger partial charge is 0.472 e. The van der Waals surface area contributed by atoms with Gasteiger partial charge < -0.3 is 10.2 Å². The van der Waals surface area contributed by atoms with E-state index in [1.165, 1.54) is 30.7 Å². The van der Waals surface area contributed by atoms with Crippen molar-refractivity contribution in [1.29, 1.82) is 0 Å². The van der Waals surface area contributed by atoms with Crippen LogP contribution in [0.4, 0.5) is 11.4 Å². The van der Waals surface area contributed by atoms with Crippen molar-refractivity contribution >= 4 is 28.8 Å². The molecule has 0 aliphatic heterocycles. The molecule has 2 rings (SSSR count). The van der Waals surface area contributed by atoms with E-state index in [1.54, 1.807) is 6.07 Å². The number of amidine groups is 1. The zero-order valence-corrected chi connectivity index (χ0v) is 10.3. The number of rotatable bonds is 4. The summed E-state index contributed by atoms with van der Waals surface area (Å²) < 4.78 is 4.85. The summed E-state index contributed by atoms with van der Waals surface area (Å²) in [5, 5.41) is 15.0. The summed E-state index contributed by atoms with van der Waals surface area (Å²) in [6, 6.07) is 5.72. The van der Waals surface area contributed by atoms with Gasteiger partial charge in [0.2, 0.25) is 0 Å². The van der Waals surface area contributed by atoms with Crippen LogP contribution in [0.1, 0.15) is 5.56 Å². The van der Waals surface area contributed by atoms with Crippen molar-refractivity contribution in [2.24, 2.45) is 10.8 Å². The summed E-state index contributed by atoms with van der Waals surface area (Å²) in [5.41, 5.74) is 8.77. The lowest BCUT2D eigenvalue weighted by molar-refractivity contribution is -0.384. The lowest BCUT2D eigenvalue weighted by Gasteiger charge is -2.03. The first-order valence-corrected chi connectivity index (χ1v) is 5.51. The Bertz CT molecular complexity index is 625. The summed E-state index contributed by atoms with van der Waals surface area (Å²) in [7, 11) is 0. The Morgan fingerprint density at radius 2 is 2.26 bits per heavy atom. The molecular weight excluding hydrogens is 272 g/mol. The van der Waals surface area contributed by atoms with Crippen LogP contribution in [0.3, 0.4) is 0 Å². The van der Waals surface area contributed by atoms with Crippen molar-refractivity contribution < 1.29 is 9.34 Å². The molecule has 0 fully saturated rings. The highest BCUT2D eigenvalue weighted by Gasteiger charge is 2.13. The third-order valence-corrected chi connectivity index (χ3v) is 2.50. The van der Waals surface area contributed by atoms with Gasteiger partial charge in [-0.2, -0.15) is 5.10 Å². The van der Waals surface area contributed by atoms with Crippen LogP contribution in [-0.2, 0) is 0 Å². The number of furan rings is 1. The minimum absolute atomic E-state index is 0.142. The molecule has 0 spiro atoms. The van der Waals surface area contributed by atoms with Gasteiger partial charge in [0.15, 0.2) is 5.84 Å². The van der Waals surface area contributed by atoms with E-state index in [-0.39, 0.29) is 17.2 Å². The van der Waals surface area contributed by atoms with Gasteiger partial charge in [0.05, 0.1) is 16.7 Å². The second kappa shape index (κ2) is 5.40. The fraction of sp³-hybridized carbons (Fsp3) is 0. The summed E-state index contributed by atoms with van der Waals surface area (Å²) in [6.07, 6.45) is 2.85. The van der Waals surface area contributed by atoms with Crippen molar-refractivity contribution in [2.45, 2.75) is 0 Å². The summed E-state index contributed by atoms with van der Waals surface area (Å²) >= 11 is 5.78. The second-order valence-corrected chi connectivity index (χ2v) is 3.98. The molecule has 0 atom stereocenters. The van der Waals surface area contributed by atoms with Crippen LogP contribution in [-0.4, -0.2) is 10.8 Å². The van der Waals surface area contributed by atoms with E-state index in [0.29, 0.717) is 10.6 Å². The highest BCUT2D eigenvalue weighted by atomic mass is 35.5. The van der Waals surface area contributed by atoms with E-state index in [4.69, 9.17) is 21.8 Å². The van der Waals surface area contributed by atoms with Gasteiger partial charge in [-0.25, -0.2) is 0 Å². The fourth-order valence-corrected chi connectivity index (χ4v) is 1.52. The van der Waals surface area contributed by atoms with Crippen LogP contribution in [0.2, 0.25) is 5.02 Å². The van der Waals surface area contributed by atoms with Crippen molar-refractivity contribution in [3.63, 3.8) is 0 Å². The number of hydrogen-bond acceptors (Lipinski definition) is 5. The number of hydrazone groups is 1. The van der Waals surface area contributed by atoms with Gasteiger partial charge in [-0.1, -0.05) is 11.6 Å². The maximum atomic E-state index is 10.8. The Kier molecular flexibility index (Phi) is 3.67. The molecule has 0 amide bonds. The molecule has 0 unspecified atom stereocenters. The molecule has 2 aromatic rings. The number of nitrogens with two attached hydrogens (primary N) is 1. The van der Waals surface area contributed by atoms with Crippen molar-refractivity contribution in [2.75, 3.05) is 5.43 Å². The molecule has 3 N–H and O–H groups in total. The van der Waals surface area contributed by atoms with Gasteiger partial charge >= 0.3 is 0 Å². The minimum atomic E-state index is -0.539. The number of nitrogens with zero attached hydrogens (tertiary/aromatic N) is 2. The highest BCUT2D eigenvalue weighted by molar-refractivity contribution is 6.31. The molecule has 1 aromatic carbocycles. The van der Waals surface area contributed by atoms with E-state index in [1.807, 2.05) is 0 Å². The first-order chi connectivity index (χ1) is 9.08. The predicted molar refractivity (Wildman–Crippen MR) is 71.2 cm³/mol. The van der Waals surface area contributed by atoms with E-state index in [9.17, 15) is 10.1 Å². The predicted octanol–water partition coefficient (Wildman–Crippen LogP) is 2.57. The van der Waals surface area contributed by atoms with Crippen LogP contribution < -0.4 is 11.2 Å². The second-order valence-electron chi connectivity index (χ2n) is 3.54. The quantitative estimate of drug-likeness (QED) is 0.387.